The van der Waals surface area contributed by atoms with Crippen molar-refractivity contribution in [2.24, 2.45) is 0 Å². The molecule has 1 rings (SSSR count). The van der Waals surface area contributed by atoms with Gasteiger partial charge in [-0.2, -0.15) is 0 Å². The van der Waals surface area contributed by atoms with Gasteiger partial charge in [-0.15, -0.1) is 0 Å². The normalized spacial score (nSPS) is 9.64. The highest BCUT2D eigenvalue weighted by Crippen LogP contribution is 2.08. The van der Waals surface area contributed by atoms with Crippen molar-refractivity contribution in [3.63, 3.8) is 0 Å². The number of ether oxygens (including phenoxy) is 1. The second-order valence-corrected chi connectivity index (χ2v) is 2.30. The molecule has 3 heteroatoms. The Morgan fingerprint density at radius 1 is 1.36 bits per heavy atom. The van der Waals surface area contributed by atoms with Gasteiger partial charge >= 0.3 is 0 Å². The molecule has 0 aliphatic heterocycles. The fourth-order valence-corrected chi connectivity index (χ4v) is 0.735. The van der Waals surface area contributed by atoms with E-state index in [1.807, 2.05) is 6.92 Å². The molecule has 0 aliphatic rings. The quantitative estimate of drug-likeness (QED) is 0.659. The van der Waals surface area contributed by atoms with Gasteiger partial charge in [-0.3, -0.25) is 4.98 Å². The number of aromatic nitrogens is 2. The molecule has 0 amide bonds. The van der Waals surface area contributed by atoms with E-state index in [1.165, 1.54) is 0 Å². The van der Waals surface area contributed by atoms with Gasteiger partial charge in [0, 0.05) is 12.4 Å². The molecule has 0 radical (unpaired) electrons. The first-order valence-corrected chi connectivity index (χ1v) is 3.75. The van der Waals surface area contributed by atoms with E-state index in [-0.39, 0.29) is 0 Å². The Morgan fingerprint density at radius 2 is 2.09 bits per heavy atom. The predicted octanol–water partition coefficient (Wildman–Crippen LogP) is 1.57. The Morgan fingerprint density at radius 3 is 2.73 bits per heavy atom. The minimum absolute atomic E-state index is 0.648. The summed E-state index contributed by atoms with van der Waals surface area (Å²) < 4.78 is 5.31. The minimum atomic E-state index is 0.648. The molecule has 1 aromatic rings. The zero-order valence-corrected chi connectivity index (χ0v) is 6.87. The topological polar surface area (TPSA) is 35.0 Å². The highest BCUT2D eigenvalue weighted by Gasteiger charge is 1.98. The van der Waals surface area contributed by atoms with Crippen LogP contribution in [0, 0.1) is 6.92 Å². The lowest BCUT2D eigenvalue weighted by Gasteiger charge is -2.03. The van der Waals surface area contributed by atoms with Crippen LogP contribution in [0.2, 0.25) is 0 Å². The molecular formula is C8H12N2O. The van der Waals surface area contributed by atoms with E-state index in [2.05, 4.69) is 16.9 Å². The molecule has 0 spiro atoms. The van der Waals surface area contributed by atoms with E-state index in [0.29, 0.717) is 12.5 Å². The molecule has 0 unspecified atom stereocenters. The maximum absolute atomic E-state index is 5.31. The largest absolute Gasteiger partial charge is 0.476 e. The van der Waals surface area contributed by atoms with Gasteiger partial charge in [-0.05, 0) is 13.3 Å². The molecule has 0 N–H and O–H groups in total. The van der Waals surface area contributed by atoms with Crippen LogP contribution in [0.3, 0.4) is 0 Å². The van der Waals surface area contributed by atoms with E-state index in [4.69, 9.17) is 4.74 Å². The number of aryl methyl sites for hydroxylation is 1. The molecular weight excluding hydrogens is 140 g/mol. The molecule has 0 saturated carbocycles. The zero-order valence-electron chi connectivity index (χ0n) is 6.87. The van der Waals surface area contributed by atoms with Crippen molar-refractivity contribution in [1.82, 2.24) is 9.97 Å². The summed E-state index contributed by atoms with van der Waals surface area (Å²) >= 11 is 0. The van der Waals surface area contributed by atoms with Crippen LogP contribution >= 0.6 is 0 Å². The lowest BCUT2D eigenvalue weighted by molar-refractivity contribution is 0.301. The fourth-order valence-electron chi connectivity index (χ4n) is 0.735. The number of hydrogen-bond donors (Lipinski definition) is 0. The van der Waals surface area contributed by atoms with Crippen LogP contribution in [0.4, 0.5) is 0 Å². The first-order chi connectivity index (χ1) is 5.34. The molecule has 0 atom stereocenters. The van der Waals surface area contributed by atoms with Gasteiger partial charge in [-0.25, -0.2) is 4.98 Å². The second kappa shape index (κ2) is 3.91. The van der Waals surface area contributed by atoms with Gasteiger partial charge in [0.15, 0.2) is 0 Å². The maximum Gasteiger partial charge on any atom is 0.235 e. The van der Waals surface area contributed by atoms with Crippen molar-refractivity contribution in [2.45, 2.75) is 20.3 Å². The molecule has 0 saturated heterocycles. The third-order valence-corrected chi connectivity index (χ3v) is 1.28. The van der Waals surface area contributed by atoms with Gasteiger partial charge in [-0.1, -0.05) is 6.92 Å². The SMILES string of the molecule is CCCOc1nccnc1C. The Balaban J connectivity index is 2.62. The Kier molecular flexibility index (Phi) is 2.83. The molecule has 1 heterocycles. The van der Waals surface area contributed by atoms with Gasteiger partial charge in [0.05, 0.1) is 12.3 Å². The monoisotopic (exact) mass is 152 g/mol. The Bertz CT molecular complexity index is 225. The first-order valence-electron chi connectivity index (χ1n) is 3.75. The zero-order chi connectivity index (χ0) is 8.10. The average molecular weight is 152 g/mol. The van der Waals surface area contributed by atoms with Crippen molar-refractivity contribution in [3.05, 3.63) is 18.1 Å². The summed E-state index contributed by atoms with van der Waals surface area (Å²) in [4.78, 5) is 8.08. The second-order valence-electron chi connectivity index (χ2n) is 2.30. The standard InChI is InChI=1S/C8H12N2O/c1-3-6-11-8-7(2)9-4-5-10-8/h4-5H,3,6H2,1-2H3. The third-order valence-electron chi connectivity index (χ3n) is 1.28. The van der Waals surface area contributed by atoms with Crippen molar-refractivity contribution in [2.75, 3.05) is 6.61 Å². The van der Waals surface area contributed by atoms with E-state index in [9.17, 15) is 0 Å². The van der Waals surface area contributed by atoms with Crippen molar-refractivity contribution in [3.8, 4) is 5.88 Å². The molecule has 0 aromatic carbocycles. The van der Waals surface area contributed by atoms with Crippen LogP contribution in [0.15, 0.2) is 12.4 Å². The number of hydrogen-bond acceptors (Lipinski definition) is 3. The van der Waals surface area contributed by atoms with Crippen molar-refractivity contribution >= 4 is 0 Å². The van der Waals surface area contributed by atoms with E-state index in [0.717, 1.165) is 12.1 Å². The van der Waals surface area contributed by atoms with Crippen LogP contribution in [0.1, 0.15) is 19.0 Å². The minimum Gasteiger partial charge on any atom is -0.476 e. The van der Waals surface area contributed by atoms with Gasteiger partial charge in [0.2, 0.25) is 5.88 Å². The third kappa shape index (κ3) is 2.18. The lowest BCUT2D eigenvalue weighted by atomic mass is 10.5. The summed E-state index contributed by atoms with van der Waals surface area (Å²) in [6.45, 7) is 4.66. The predicted molar refractivity (Wildman–Crippen MR) is 42.6 cm³/mol. The molecule has 0 aliphatic carbocycles. The van der Waals surface area contributed by atoms with E-state index in [1.54, 1.807) is 12.4 Å². The maximum atomic E-state index is 5.31. The van der Waals surface area contributed by atoms with Crippen molar-refractivity contribution < 1.29 is 4.74 Å². The Hall–Kier alpha value is -1.12. The summed E-state index contributed by atoms with van der Waals surface area (Å²) in [6.07, 6.45) is 4.29. The molecule has 1 aromatic heterocycles. The van der Waals surface area contributed by atoms with Crippen LogP contribution in [0.25, 0.3) is 0 Å². The summed E-state index contributed by atoms with van der Waals surface area (Å²) in [5.41, 5.74) is 0.848. The van der Waals surface area contributed by atoms with Crippen LogP contribution < -0.4 is 4.74 Å². The van der Waals surface area contributed by atoms with Crippen LogP contribution in [-0.4, -0.2) is 16.6 Å². The number of rotatable bonds is 3. The average Bonchev–Trinajstić information content (AvgIpc) is 2.03. The summed E-state index contributed by atoms with van der Waals surface area (Å²) in [6, 6.07) is 0. The molecule has 0 fully saturated rings. The van der Waals surface area contributed by atoms with E-state index >= 15 is 0 Å². The summed E-state index contributed by atoms with van der Waals surface area (Å²) in [5.74, 6) is 0.648. The molecule has 0 bridgehead atoms. The summed E-state index contributed by atoms with van der Waals surface area (Å²) in [7, 11) is 0. The van der Waals surface area contributed by atoms with Crippen LogP contribution in [-0.2, 0) is 0 Å². The molecule has 11 heavy (non-hydrogen) atoms. The van der Waals surface area contributed by atoms with Gasteiger partial charge in [0.1, 0.15) is 0 Å². The molecule has 3 nitrogen and oxygen atoms in total. The highest BCUT2D eigenvalue weighted by atomic mass is 16.5. The fraction of sp³-hybridized carbons (Fsp3) is 0.500. The Labute approximate surface area is 66.4 Å². The van der Waals surface area contributed by atoms with Crippen LogP contribution in [0.5, 0.6) is 5.88 Å². The number of nitrogens with zero attached hydrogens (tertiary/aromatic N) is 2. The lowest BCUT2D eigenvalue weighted by Crippen LogP contribution is -1.99. The van der Waals surface area contributed by atoms with Gasteiger partial charge < -0.3 is 4.74 Å². The van der Waals surface area contributed by atoms with Crippen molar-refractivity contribution in [1.29, 1.82) is 0 Å². The van der Waals surface area contributed by atoms with E-state index < -0.39 is 0 Å². The van der Waals surface area contributed by atoms with Gasteiger partial charge in [0.25, 0.3) is 0 Å². The first kappa shape index (κ1) is 7.98. The smallest absolute Gasteiger partial charge is 0.235 e. The highest BCUT2D eigenvalue weighted by molar-refractivity contribution is 5.14. The molecule has 60 valence electrons. The summed E-state index contributed by atoms with van der Waals surface area (Å²) in [5, 5.41) is 0.